The van der Waals surface area contributed by atoms with E-state index in [1.54, 1.807) is 20.5 Å². The Kier molecular flexibility index (Phi) is 10.9. The molecule has 0 aliphatic heterocycles. The highest BCUT2D eigenvalue weighted by atomic mass is 79.9. The van der Waals surface area contributed by atoms with Crippen LogP contribution >= 0.6 is 47.8 Å². The normalized spacial score (nSPS) is 12.3. The van der Waals surface area contributed by atoms with E-state index >= 15 is 0 Å². The molecule has 1 unspecified atom stereocenters. The van der Waals surface area contributed by atoms with Gasteiger partial charge >= 0.3 is 0 Å². The highest BCUT2D eigenvalue weighted by Gasteiger charge is 2.21. The van der Waals surface area contributed by atoms with Gasteiger partial charge in [0.15, 0.2) is 5.65 Å². The Morgan fingerprint density at radius 1 is 0.970 bits per heavy atom. The minimum atomic E-state index is 0.151. The van der Waals surface area contributed by atoms with Crippen molar-refractivity contribution in [3.63, 3.8) is 0 Å². The third-order valence-corrected chi connectivity index (χ3v) is 7.64. The van der Waals surface area contributed by atoms with Crippen molar-refractivity contribution in [3.8, 4) is 11.5 Å². The average Bonchev–Trinajstić information content (AvgIpc) is 3.18. The maximum absolute atomic E-state index is 5.62. The maximum atomic E-state index is 5.62. The van der Waals surface area contributed by atoms with Crippen molar-refractivity contribution in [1.29, 1.82) is 0 Å². The van der Waals surface area contributed by atoms with Gasteiger partial charge in [-0.15, -0.1) is 0 Å². The molecule has 3 rings (SSSR count). The number of imidazole rings is 1. The molecule has 0 aliphatic carbocycles. The lowest BCUT2D eigenvalue weighted by molar-refractivity contribution is 0.399. The zero-order chi connectivity index (χ0) is 23.6. The minimum absolute atomic E-state index is 0.151. The predicted molar refractivity (Wildman–Crippen MR) is 145 cm³/mol. The van der Waals surface area contributed by atoms with Crippen LogP contribution in [0, 0.1) is 0 Å². The number of unbranched alkanes of at least 4 members (excludes halogenated alkanes) is 3. The minimum Gasteiger partial charge on any atom is -0.497 e. The lowest BCUT2D eigenvalue weighted by Crippen LogP contribution is -2.07. The van der Waals surface area contributed by atoms with Gasteiger partial charge in [0.05, 0.1) is 24.7 Å². The van der Waals surface area contributed by atoms with Crippen molar-refractivity contribution in [3.05, 3.63) is 41.6 Å². The number of benzene rings is 1. The first kappa shape index (κ1) is 26.4. The summed E-state index contributed by atoms with van der Waals surface area (Å²) in [4.78, 5) is 14.5. The molecule has 0 aliphatic rings. The number of aryl methyl sites for hydroxylation is 1. The van der Waals surface area contributed by atoms with Crippen LogP contribution in [0.4, 0.5) is 0 Å². The number of rotatable bonds is 14. The molecule has 0 bridgehead atoms. The van der Waals surface area contributed by atoms with Gasteiger partial charge in [-0.05, 0) is 43.9 Å². The molecule has 0 saturated heterocycles. The van der Waals surface area contributed by atoms with Gasteiger partial charge in [-0.1, -0.05) is 60.6 Å². The second-order valence-corrected chi connectivity index (χ2v) is 10.6. The van der Waals surface area contributed by atoms with Crippen LogP contribution < -0.4 is 9.47 Å². The molecule has 0 saturated carbocycles. The van der Waals surface area contributed by atoms with Crippen molar-refractivity contribution in [2.45, 2.75) is 56.3 Å². The summed E-state index contributed by atoms with van der Waals surface area (Å²) in [6, 6.07) is 5.88. The second kappa shape index (κ2) is 13.6. The van der Waals surface area contributed by atoms with Crippen LogP contribution in [0.3, 0.4) is 0 Å². The number of nitrogens with zero attached hydrogens (tertiary/aromatic N) is 4. The molecular weight excluding hydrogens is 616 g/mol. The molecule has 1 aromatic carbocycles. The smallest absolute Gasteiger partial charge is 0.163 e. The number of alkyl halides is 3. The fraction of sp³-hybridized carbons (Fsp3) is 0.542. The number of methoxy groups -OCH3 is 2. The summed E-state index contributed by atoms with van der Waals surface area (Å²) in [6.45, 7) is 0.873. The summed E-state index contributed by atoms with van der Waals surface area (Å²) < 4.78 is 13.3. The van der Waals surface area contributed by atoms with Crippen LogP contribution in [-0.4, -0.2) is 44.4 Å². The van der Waals surface area contributed by atoms with E-state index in [0.29, 0.717) is 6.42 Å². The predicted octanol–water partition coefficient (Wildman–Crippen LogP) is 7.00. The van der Waals surface area contributed by atoms with E-state index in [4.69, 9.17) is 14.5 Å². The topological polar surface area (TPSA) is 62.1 Å². The van der Waals surface area contributed by atoms with Crippen molar-refractivity contribution in [2.75, 3.05) is 24.9 Å². The summed E-state index contributed by atoms with van der Waals surface area (Å²) in [6.07, 6.45) is 8.94. The van der Waals surface area contributed by atoms with Gasteiger partial charge < -0.3 is 14.0 Å². The van der Waals surface area contributed by atoms with Crippen molar-refractivity contribution in [2.24, 2.45) is 0 Å². The van der Waals surface area contributed by atoms with E-state index in [0.717, 1.165) is 95.5 Å². The van der Waals surface area contributed by atoms with Crippen LogP contribution in [0.5, 0.6) is 11.5 Å². The molecule has 0 amide bonds. The van der Waals surface area contributed by atoms with Gasteiger partial charge in [-0.3, -0.25) is 0 Å². The quantitative estimate of drug-likeness (QED) is 0.139. The first-order chi connectivity index (χ1) is 16.1. The Balaban J connectivity index is 2.00. The van der Waals surface area contributed by atoms with Crippen LogP contribution in [-0.2, 0) is 13.0 Å². The Bertz CT molecular complexity index is 1030. The first-order valence-electron chi connectivity index (χ1n) is 11.3. The molecular formula is C24H31Br3N4O2. The Morgan fingerprint density at radius 3 is 2.48 bits per heavy atom. The molecule has 2 heterocycles. The summed E-state index contributed by atoms with van der Waals surface area (Å²) in [5.74, 6) is 2.60. The monoisotopic (exact) mass is 644 g/mol. The number of hydrogen-bond donors (Lipinski definition) is 0. The first-order valence-corrected chi connectivity index (χ1v) is 14.5. The maximum Gasteiger partial charge on any atom is 0.163 e. The molecule has 0 N–H and O–H groups in total. The Labute approximate surface area is 221 Å². The van der Waals surface area contributed by atoms with Crippen molar-refractivity contribution >= 4 is 59.0 Å². The SMILES string of the molecule is COc1ccc(OC)c(Cc2nc3c(C(Br)CCCCBr)ncnc3n2CCCCCBr)c1. The molecule has 180 valence electrons. The van der Waals surface area contributed by atoms with Gasteiger partial charge in [0.25, 0.3) is 0 Å². The van der Waals surface area contributed by atoms with E-state index in [9.17, 15) is 0 Å². The van der Waals surface area contributed by atoms with Crippen LogP contribution in [0.2, 0.25) is 0 Å². The fourth-order valence-electron chi connectivity index (χ4n) is 3.88. The van der Waals surface area contributed by atoms with Gasteiger partial charge in [0.2, 0.25) is 0 Å². The van der Waals surface area contributed by atoms with E-state index in [1.807, 2.05) is 18.2 Å². The number of halogens is 3. The van der Waals surface area contributed by atoms with E-state index in [-0.39, 0.29) is 4.83 Å². The third kappa shape index (κ3) is 6.92. The number of hydrogen-bond acceptors (Lipinski definition) is 5. The van der Waals surface area contributed by atoms with E-state index < -0.39 is 0 Å². The number of aromatic nitrogens is 4. The molecule has 0 fully saturated rings. The summed E-state index contributed by atoms with van der Waals surface area (Å²) in [5, 5.41) is 2.04. The van der Waals surface area contributed by atoms with Gasteiger partial charge in [-0.25, -0.2) is 15.0 Å². The van der Waals surface area contributed by atoms with Crippen molar-refractivity contribution in [1.82, 2.24) is 19.5 Å². The molecule has 0 radical (unpaired) electrons. The van der Waals surface area contributed by atoms with Crippen molar-refractivity contribution < 1.29 is 9.47 Å². The second-order valence-electron chi connectivity index (χ2n) is 7.87. The van der Waals surface area contributed by atoms with Gasteiger partial charge in [-0.2, -0.15) is 0 Å². The third-order valence-electron chi connectivity index (χ3n) is 5.63. The van der Waals surface area contributed by atoms with Crippen LogP contribution in [0.1, 0.15) is 60.4 Å². The average molecular weight is 647 g/mol. The highest BCUT2D eigenvalue weighted by molar-refractivity contribution is 9.09. The fourth-order valence-corrected chi connectivity index (χ4v) is 5.34. The largest absolute Gasteiger partial charge is 0.497 e. The molecule has 33 heavy (non-hydrogen) atoms. The Hall–Kier alpha value is -1.19. The molecule has 2 aromatic heterocycles. The molecule has 0 spiro atoms. The molecule has 6 nitrogen and oxygen atoms in total. The highest BCUT2D eigenvalue weighted by Crippen LogP contribution is 2.33. The van der Waals surface area contributed by atoms with Crippen LogP contribution in [0.15, 0.2) is 24.5 Å². The Morgan fingerprint density at radius 2 is 1.76 bits per heavy atom. The lowest BCUT2D eigenvalue weighted by atomic mass is 10.1. The van der Waals surface area contributed by atoms with Crippen LogP contribution in [0.25, 0.3) is 11.2 Å². The van der Waals surface area contributed by atoms with E-state index in [2.05, 4.69) is 62.3 Å². The number of fused-ring (bicyclic) bond motifs is 1. The molecule has 3 aromatic rings. The van der Waals surface area contributed by atoms with Gasteiger partial charge in [0, 0.05) is 29.2 Å². The lowest BCUT2D eigenvalue weighted by Gasteiger charge is -2.12. The molecule has 1 atom stereocenters. The number of ether oxygens (including phenoxy) is 2. The van der Waals surface area contributed by atoms with E-state index in [1.165, 1.54) is 0 Å². The summed E-state index contributed by atoms with van der Waals surface area (Å²) >= 11 is 10.9. The standard InChI is InChI=1S/C24H31Br3N4O2/c1-32-18-9-10-20(33-2)17(14-18)15-21-30-23-22(19(27)8-4-6-12-26)28-16-29-24(23)31(21)13-7-3-5-11-25/h9-10,14,16,19H,3-8,11-13,15H2,1-2H3. The molecule has 9 heteroatoms. The summed E-state index contributed by atoms with van der Waals surface area (Å²) in [5.41, 5.74) is 3.79. The zero-order valence-corrected chi connectivity index (χ0v) is 24.0. The summed E-state index contributed by atoms with van der Waals surface area (Å²) in [7, 11) is 3.37. The van der Waals surface area contributed by atoms with Gasteiger partial charge in [0.1, 0.15) is 29.2 Å². The zero-order valence-electron chi connectivity index (χ0n) is 19.2.